The molecular weight excluding hydrogens is 388 g/mol. The number of aromatic nitrogens is 2. The molecule has 0 spiro atoms. The number of carbonyl (C=O) groups excluding carboxylic acids is 1. The third-order valence-corrected chi connectivity index (χ3v) is 5.78. The Morgan fingerprint density at radius 3 is 2.68 bits per heavy atom. The van der Waals surface area contributed by atoms with Crippen molar-refractivity contribution < 1.29 is 9.53 Å². The minimum atomic E-state index is 0.0775. The van der Waals surface area contributed by atoms with Gasteiger partial charge >= 0.3 is 0 Å². The molecule has 1 saturated heterocycles. The van der Waals surface area contributed by atoms with Crippen molar-refractivity contribution in [3.63, 3.8) is 0 Å². The number of piperazine rings is 1. The van der Waals surface area contributed by atoms with Crippen molar-refractivity contribution in [3.8, 4) is 28.0 Å². The highest BCUT2D eigenvalue weighted by molar-refractivity contribution is 5.98. The Hall–Kier alpha value is -3.64. The molecule has 0 radical (unpaired) electrons. The van der Waals surface area contributed by atoms with Crippen molar-refractivity contribution in [2.75, 3.05) is 33.3 Å². The number of pyridine rings is 1. The maximum Gasteiger partial charge on any atom is 0.253 e. The lowest BCUT2D eigenvalue weighted by Gasteiger charge is -2.27. The molecule has 0 unspecified atom stereocenters. The van der Waals surface area contributed by atoms with Crippen LogP contribution in [0.15, 0.2) is 67.0 Å². The summed E-state index contributed by atoms with van der Waals surface area (Å²) < 4.78 is 5.55. The van der Waals surface area contributed by atoms with Crippen LogP contribution in [-0.2, 0) is 0 Å². The third kappa shape index (κ3) is 3.66. The lowest BCUT2D eigenvalue weighted by atomic mass is 10.00. The summed E-state index contributed by atoms with van der Waals surface area (Å²) in [4.78, 5) is 22.7. The number of hydrogen-bond acceptors (Lipinski definition) is 4. The molecular formula is C25H24N4O2. The molecule has 0 aliphatic carbocycles. The number of para-hydroxylation sites is 1. The van der Waals surface area contributed by atoms with E-state index in [-0.39, 0.29) is 5.91 Å². The molecule has 31 heavy (non-hydrogen) atoms. The second-order valence-electron chi connectivity index (χ2n) is 7.65. The molecule has 1 aliphatic rings. The lowest BCUT2D eigenvalue weighted by Crippen LogP contribution is -2.46. The van der Waals surface area contributed by atoms with Crippen LogP contribution in [0.4, 0.5) is 0 Å². The molecule has 2 N–H and O–H groups in total. The van der Waals surface area contributed by atoms with E-state index in [0.717, 1.165) is 65.2 Å². The standard InChI is InChI=1S/C25H24N4O2/c1-31-23-8-3-2-7-20(23)22-16-28-24-21(22)14-19(15-27-24)17-5-4-6-18(13-17)25(30)29-11-9-26-10-12-29/h2-8,13-16,26H,9-12H2,1H3,(H,27,28). The van der Waals surface area contributed by atoms with Crippen LogP contribution in [0.2, 0.25) is 0 Å². The van der Waals surface area contributed by atoms with E-state index >= 15 is 0 Å². The zero-order valence-electron chi connectivity index (χ0n) is 17.4. The highest BCUT2D eigenvalue weighted by Crippen LogP contribution is 2.36. The van der Waals surface area contributed by atoms with E-state index in [2.05, 4.69) is 21.4 Å². The summed E-state index contributed by atoms with van der Waals surface area (Å²) in [6.45, 7) is 3.15. The largest absolute Gasteiger partial charge is 0.496 e. The van der Waals surface area contributed by atoms with Gasteiger partial charge in [-0.1, -0.05) is 30.3 Å². The summed E-state index contributed by atoms with van der Waals surface area (Å²) in [5.41, 5.74) is 5.52. The molecule has 1 aliphatic heterocycles. The number of aromatic amines is 1. The van der Waals surface area contributed by atoms with Gasteiger partial charge in [-0.2, -0.15) is 0 Å². The van der Waals surface area contributed by atoms with Gasteiger partial charge in [0.05, 0.1) is 7.11 Å². The number of methoxy groups -OCH3 is 1. The highest BCUT2D eigenvalue weighted by Gasteiger charge is 2.18. The number of rotatable bonds is 4. The summed E-state index contributed by atoms with van der Waals surface area (Å²) in [7, 11) is 1.68. The van der Waals surface area contributed by atoms with E-state index in [1.165, 1.54) is 0 Å². The molecule has 4 aromatic rings. The Bertz CT molecular complexity index is 1240. The Morgan fingerprint density at radius 2 is 1.84 bits per heavy atom. The van der Waals surface area contributed by atoms with Crippen LogP contribution in [0, 0.1) is 0 Å². The minimum Gasteiger partial charge on any atom is -0.496 e. The number of H-pyrrole nitrogens is 1. The van der Waals surface area contributed by atoms with Crippen LogP contribution in [0.5, 0.6) is 5.75 Å². The van der Waals surface area contributed by atoms with Crippen molar-refractivity contribution in [1.29, 1.82) is 0 Å². The zero-order valence-corrected chi connectivity index (χ0v) is 17.4. The van der Waals surface area contributed by atoms with Gasteiger partial charge in [-0.25, -0.2) is 4.98 Å². The van der Waals surface area contributed by atoms with Crippen LogP contribution in [0.1, 0.15) is 10.4 Å². The van der Waals surface area contributed by atoms with E-state index in [1.54, 1.807) is 7.11 Å². The van der Waals surface area contributed by atoms with Gasteiger partial charge in [0.2, 0.25) is 0 Å². The van der Waals surface area contributed by atoms with Crippen LogP contribution < -0.4 is 10.1 Å². The summed E-state index contributed by atoms with van der Waals surface area (Å²) in [6.07, 6.45) is 3.81. The molecule has 0 bridgehead atoms. The average Bonchev–Trinajstić information content (AvgIpc) is 3.27. The predicted octanol–water partition coefficient (Wildman–Crippen LogP) is 3.95. The monoisotopic (exact) mass is 412 g/mol. The number of benzene rings is 2. The van der Waals surface area contributed by atoms with Crippen molar-refractivity contribution in [1.82, 2.24) is 20.2 Å². The molecule has 6 nitrogen and oxygen atoms in total. The van der Waals surface area contributed by atoms with Crippen LogP contribution in [0.3, 0.4) is 0 Å². The van der Waals surface area contributed by atoms with E-state index in [9.17, 15) is 4.79 Å². The van der Waals surface area contributed by atoms with E-state index in [0.29, 0.717) is 5.56 Å². The maximum absolute atomic E-state index is 12.9. The van der Waals surface area contributed by atoms with Gasteiger partial charge in [0, 0.05) is 66.2 Å². The molecule has 156 valence electrons. The quantitative estimate of drug-likeness (QED) is 0.533. The number of fused-ring (bicyclic) bond motifs is 1. The molecule has 0 atom stereocenters. The fourth-order valence-electron chi connectivity index (χ4n) is 4.13. The van der Waals surface area contributed by atoms with Gasteiger partial charge < -0.3 is 19.9 Å². The minimum absolute atomic E-state index is 0.0775. The summed E-state index contributed by atoms with van der Waals surface area (Å²) in [6, 6.07) is 17.9. The van der Waals surface area contributed by atoms with Gasteiger partial charge in [0.25, 0.3) is 5.91 Å². The van der Waals surface area contributed by atoms with E-state index in [4.69, 9.17) is 4.74 Å². The second kappa shape index (κ2) is 8.24. The van der Waals surface area contributed by atoms with Crippen molar-refractivity contribution >= 4 is 16.9 Å². The first-order valence-electron chi connectivity index (χ1n) is 10.5. The first-order chi connectivity index (χ1) is 15.2. The van der Waals surface area contributed by atoms with Gasteiger partial charge in [-0.05, 0) is 29.8 Å². The SMILES string of the molecule is COc1ccccc1-c1c[nH]c2ncc(-c3cccc(C(=O)N4CCNCC4)c3)cc12. The molecule has 1 amide bonds. The fourth-order valence-corrected chi connectivity index (χ4v) is 4.13. The lowest BCUT2D eigenvalue weighted by molar-refractivity contribution is 0.0736. The topological polar surface area (TPSA) is 70.2 Å². The molecule has 6 heteroatoms. The van der Waals surface area contributed by atoms with E-state index < -0.39 is 0 Å². The molecule has 5 rings (SSSR count). The number of hydrogen-bond donors (Lipinski definition) is 2. The number of ether oxygens (including phenoxy) is 1. The van der Waals surface area contributed by atoms with Crippen molar-refractivity contribution in [2.45, 2.75) is 0 Å². The number of nitrogens with zero attached hydrogens (tertiary/aromatic N) is 2. The van der Waals surface area contributed by atoms with Gasteiger partial charge in [0.1, 0.15) is 11.4 Å². The number of nitrogens with one attached hydrogen (secondary N) is 2. The Morgan fingerprint density at radius 1 is 1.00 bits per heavy atom. The first kappa shape index (κ1) is 19.3. The predicted molar refractivity (Wildman–Crippen MR) is 122 cm³/mol. The summed E-state index contributed by atoms with van der Waals surface area (Å²) >= 11 is 0. The summed E-state index contributed by atoms with van der Waals surface area (Å²) in [5.74, 6) is 0.895. The third-order valence-electron chi connectivity index (χ3n) is 5.78. The zero-order chi connectivity index (χ0) is 21.2. The molecule has 1 fully saturated rings. The van der Waals surface area contributed by atoms with Crippen LogP contribution in [0.25, 0.3) is 33.3 Å². The second-order valence-corrected chi connectivity index (χ2v) is 7.65. The van der Waals surface area contributed by atoms with Crippen LogP contribution >= 0.6 is 0 Å². The van der Waals surface area contributed by atoms with Crippen LogP contribution in [-0.4, -0.2) is 54.1 Å². The Labute approximate surface area is 180 Å². The molecule has 2 aromatic heterocycles. The average molecular weight is 412 g/mol. The van der Waals surface area contributed by atoms with E-state index in [1.807, 2.05) is 65.8 Å². The Kier molecular flexibility index (Phi) is 5.14. The molecule has 2 aromatic carbocycles. The van der Waals surface area contributed by atoms with Gasteiger partial charge in [0.15, 0.2) is 0 Å². The normalized spacial score (nSPS) is 14.0. The van der Waals surface area contributed by atoms with Crippen molar-refractivity contribution in [3.05, 3.63) is 72.6 Å². The first-order valence-corrected chi connectivity index (χ1v) is 10.5. The number of carbonyl (C=O) groups is 1. The van der Waals surface area contributed by atoms with Crippen molar-refractivity contribution in [2.24, 2.45) is 0 Å². The number of amides is 1. The smallest absolute Gasteiger partial charge is 0.253 e. The molecule has 3 heterocycles. The summed E-state index contributed by atoms with van der Waals surface area (Å²) in [5, 5.41) is 4.30. The fraction of sp³-hybridized carbons (Fsp3) is 0.200. The maximum atomic E-state index is 12.9. The van der Waals surface area contributed by atoms with Gasteiger partial charge in [-0.3, -0.25) is 4.79 Å². The highest BCUT2D eigenvalue weighted by atomic mass is 16.5. The molecule has 0 saturated carbocycles. The Balaban J connectivity index is 1.53. The van der Waals surface area contributed by atoms with Gasteiger partial charge in [-0.15, -0.1) is 0 Å².